The number of aliphatic hydroxyl groups is 2. The topological polar surface area (TPSA) is 110 Å². The Kier molecular flexibility index (Phi) is 7.74. The first-order valence-electron chi connectivity index (χ1n) is 7.07. The first-order chi connectivity index (χ1) is 10.0. The van der Waals surface area contributed by atoms with Crippen LogP contribution >= 0.6 is 0 Å². The van der Waals surface area contributed by atoms with Crippen LogP contribution in [0.15, 0.2) is 18.2 Å². The van der Waals surface area contributed by atoms with Crippen LogP contribution in [0.5, 0.6) is 5.75 Å². The van der Waals surface area contributed by atoms with Crippen molar-refractivity contribution >= 4 is 5.97 Å². The average molecular weight is 297 g/mol. The van der Waals surface area contributed by atoms with Crippen molar-refractivity contribution in [3.05, 3.63) is 29.3 Å². The first-order valence-corrected chi connectivity index (χ1v) is 7.07. The summed E-state index contributed by atoms with van der Waals surface area (Å²) in [6, 6.07) is 4.65. The van der Waals surface area contributed by atoms with Gasteiger partial charge in [0, 0.05) is 18.5 Å². The van der Waals surface area contributed by atoms with Gasteiger partial charge >= 0.3 is 5.97 Å². The molecule has 0 heterocycles. The van der Waals surface area contributed by atoms with E-state index in [1.54, 1.807) is 12.1 Å². The van der Waals surface area contributed by atoms with Gasteiger partial charge in [0.05, 0.1) is 12.7 Å². The zero-order chi connectivity index (χ0) is 15.7. The number of hydrogen-bond donors (Lipinski definition) is 5. The van der Waals surface area contributed by atoms with Crippen LogP contribution in [0, 0.1) is 0 Å². The predicted octanol–water partition coefficient (Wildman–Crippen LogP) is 1.15. The quantitative estimate of drug-likeness (QED) is 0.414. The summed E-state index contributed by atoms with van der Waals surface area (Å²) in [6.45, 7) is 0.805. The second kappa shape index (κ2) is 9.33. The Morgan fingerprint density at radius 3 is 2.67 bits per heavy atom. The molecule has 1 aromatic rings. The van der Waals surface area contributed by atoms with Gasteiger partial charge in [-0.05, 0) is 37.1 Å². The maximum absolute atomic E-state index is 10.3. The van der Waals surface area contributed by atoms with Gasteiger partial charge in [-0.3, -0.25) is 4.79 Å². The Morgan fingerprint density at radius 1 is 1.24 bits per heavy atom. The van der Waals surface area contributed by atoms with Crippen molar-refractivity contribution in [1.29, 1.82) is 0 Å². The van der Waals surface area contributed by atoms with Crippen molar-refractivity contribution in [3.8, 4) is 5.75 Å². The van der Waals surface area contributed by atoms with Gasteiger partial charge in [0.1, 0.15) is 5.75 Å². The molecule has 0 aliphatic rings. The zero-order valence-corrected chi connectivity index (χ0v) is 12.0. The third kappa shape index (κ3) is 6.57. The van der Waals surface area contributed by atoms with E-state index in [4.69, 9.17) is 10.2 Å². The van der Waals surface area contributed by atoms with Crippen molar-refractivity contribution in [3.63, 3.8) is 0 Å². The highest BCUT2D eigenvalue weighted by atomic mass is 16.4. The highest BCUT2D eigenvalue weighted by Crippen LogP contribution is 2.22. The minimum absolute atomic E-state index is 0.0137. The molecule has 6 heteroatoms. The van der Waals surface area contributed by atoms with Crippen molar-refractivity contribution in [2.24, 2.45) is 0 Å². The van der Waals surface area contributed by atoms with Crippen molar-refractivity contribution in [1.82, 2.24) is 5.32 Å². The molecule has 118 valence electrons. The largest absolute Gasteiger partial charge is 0.508 e. The van der Waals surface area contributed by atoms with Gasteiger partial charge in [-0.1, -0.05) is 12.5 Å². The van der Waals surface area contributed by atoms with E-state index in [2.05, 4.69) is 5.32 Å². The molecule has 0 unspecified atom stereocenters. The van der Waals surface area contributed by atoms with Gasteiger partial charge < -0.3 is 25.7 Å². The molecule has 0 spiro atoms. The smallest absolute Gasteiger partial charge is 0.303 e. The number of hydrogen-bond acceptors (Lipinski definition) is 5. The molecular formula is C15H23NO5. The molecule has 0 aromatic heterocycles. The third-order valence-corrected chi connectivity index (χ3v) is 3.24. The van der Waals surface area contributed by atoms with Gasteiger partial charge in [-0.15, -0.1) is 0 Å². The standard InChI is InChI=1S/C15H23NO5/c17-10-12-8-11(5-6-13(12)18)14(19)9-16-7-3-1-2-4-15(20)21/h5-6,8,14,16-19H,1-4,7,9-10H2,(H,20,21)/t14-/m1/s1. The van der Waals surface area contributed by atoms with E-state index in [0.717, 1.165) is 12.8 Å². The average Bonchev–Trinajstić information content (AvgIpc) is 2.46. The maximum atomic E-state index is 10.3. The minimum atomic E-state index is -0.773. The molecule has 0 fully saturated rings. The Bertz CT molecular complexity index is 450. The summed E-state index contributed by atoms with van der Waals surface area (Å²) in [5, 5.41) is 40.1. The molecule has 0 aliphatic carbocycles. The lowest BCUT2D eigenvalue weighted by Gasteiger charge is -2.13. The normalized spacial score (nSPS) is 12.3. The summed E-state index contributed by atoms with van der Waals surface area (Å²) < 4.78 is 0. The Labute approximate surface area is 124 Å². The van der Waals surface area contributed by atoms with Crippen LogP contribution in [0.4, 0.5) is 0 Å². The highest BCUT2D eigenvalue weighted by Gasteiger charge is 2.09. The second-order valence-corrected chi connectivity index (χ2v) is 4.97. The van der Waals surface area contributed by atoms with Crippen LogP contribution in [0.25, 0.3) is 0 Å². The number of aliphatic carboxylic acids is 1. The number of carbonyl (C=O) groups is 1. The van der Waals surface area contributed by atoms with Crippen LogP contribution in [0.2, 0.25) is 0 Å². The van der Waals surface area contributed by atoms with Crippen LogP contribution in [0.1, 0.15) is 42.9 Å². The highest BCUT2D eigenvalue weighted by molar-refractivity contribution is 5.66. The van der Waals surface area contributed by atoms with Gasteiger partial charge in [0.25, 0.3) is 0 Å². The number of aromatic hydroxyl groups is 1. The van der Waals surface area contributed by atoms with Crippen molar-refractivity contribution < 1.29 is 25.2 Å². The monoisotopic (exact) mass is 297 g/mol. The number of nitrogens with one attached hydrogen (secondary N) is 1. The lowest BCUT2D eigenvalue weighted by Crippen LogP contribution is -2.22. The maximum Gasteiger partial charge on any atom is 0.303 e. The molecule has 0 radical (unpaired) electrons. The lowest BCUT2D eigenvalue weighted by atomic mass is 10.1. The number of unbranched alkanes of at least 4 members (excludes halogenated alkanes) is 2. The van der Waals surface area contributed by atoms with Crippen LogP contribution in [0.3, 0.4) is 0 Å². The minimum Gasteiger partial charge on any atom is -0.508 e. The molecule has 0 saturated heterocycles. The Balaban J connectivity index is 2.24. The summed E-state index contributed by atoms with van der Waals surface area (Å²) in [5.41, 5.74) is 1.02. The molecule has 5 N–H and O–H groups in total. The molecule has 0 aliphatic heterocycles. The molecule has 1 atom stereocenters. The molecule has 21 heavy (non-hydrogen) atoms. The van der Waals surface area contributed by atoms with Crippen molar-refractivity contribution in [2.45, 2.75) is 38.4 Å². The fourth-order valence-electron chi connectivity index (χ4n) is 2.00. The van der Waals surface area contributed by atoms with E-state index >= 15 is 0 Å². The molecule has 6 nitrogen and oxygen atoms in total. The third-order valence-electron chi connectivity index (χ3n) is 3.24. The fraction of sp³-hybridized carbons (Fsp3) is 0.533. The molecule has 0 amide bonds. The molecule has 0 bridgehead atoms. The summed E-state index contributed by atoms with van der Waals surface area (Å²) in [5.74, 6) is -0.759. The number of carboxylic acids is 1. The summed E-state index contributed by atoms with van der Waals surface area (Å²) >= 11 is 0. The first kappa shape index (κ1) is 17.4. The SMILES string of the molecule is O=C(O)CCCCCNC[C@@H](O)c1ccc(O)c(CO)c1. The van der Waals surface area contributed by atoms with Gasteiger partial charge in [0.15, 0.2) is 0 Å². The molecular weight excluding hydrogens is 274 g/mol. The van der Waals surface area contributed by atoms with Crippen LogP contribution in [-0.4, -0.2) is 39.5 Å². The number of aliphatic hydroxyl groups excluding tert-OH is 2. The number of benzene rings is 1. The van der Waals surface area contributed by atoms with E-state index < -0.39 is 12.1 Å². The van der Waals surface area contributed by atoms with E-state index in [1.165, 1.54) is 6.07 Å². The molecule has 1 rings (SSSR count). The summed E-state index contributed by atoms with van der Waals surface area (Å²) in [4.78, 5) is 10.3. The number of carboxylic acid groups (broad SMARTS) is 1. The van der Waals surface area contributed by atoms with Gasteiger partial charge in [-0.25, -0.2) is 0 Å². The van der Waals surface area contributed by atoms with E-state index in [9.17, 15) is 15.0 Å². The van der Waals surface area contributed by atoms with Crippen molar-refractivity contribution in [2.75, 3.05) is 13.1 Å². The molecule has 0 saturated carbocycles. The van der Waals surface area contributed by atoms with E-state index in [1.807, 2.05) is 0 Å². The van der Waals surface area contributed by atoms with Crippen LogP contribution in [-0.2, 0) is 11.4 Å². The molecule has 1 aromatic carbocycles. The zero-order valence-electron chi connectivity index (χ0n) is 12.0. The Hall–Kier alpha value is -1.63. The fourth-order valence-corrected chi connectivity index (χ4v) is 2.00. The Morgan fingerprint density at radius 2 is 2.00 bits per heavy atom. The van der Waals surface area contributed by atoms with Gasteiger partial charge in [-0.2, -0.15) is 0 Å². The van der Waals surface area contributed by atoms with E-state index in [0.29, 0.717) is 30.6 Å². The second-order valence-electron chi connectivity index (χ2n) is 4.97. The van der Waals surface area contributed by atoms with E-state index in [-0.39, 0.29) is 18.8 Å². The summed E-state index contributed by atoms with van der Waals surface area (Å²) in [7, 11) is 0. The number of phenols is 1. The lowest BCUT2D eigenvalue weighted by molar-refractivity contribution is -0.137. The number of rotatable bonds is 10. The van der Waals surface area contributed by atoms with Gasteiger partial charge in [0.2, 0.25) is 0 Å². The van der Waals surface area contributed by atoms with Crippen LogP contribution < -0.4 is 5.32 Å². The summed E-state index contributed by atoms with van der Waals surface area (Å²) in [6.07, 6.45) is 1.84. The predicted molar refractivity (Wildman–Crippen MR) is 78.0 cm³/mol.